The molecular weight excluding hydrogens is 496 g/mol. The molecule has 0 spiro atoms. The van der Waals surface area contributed by atoms with Crippen molar-refractivity contribution in [3.63, 3.8) is 0 Å². The summed E-state index contributed by atoms with van der Waals surface area (Å²) < 4.78 is 7.64. The minimum atomic E-state index is -1.07. The summed E-state index contributed by atoms with van der Waals surface area (Å²) >= 11 is 0. The van der Waals surface area contributed by atoms with Crippen LogP contribution in [0.2, 0.25) is 0 Å². The van der Waals surface area contributed by atoms with E-state index in [1.165, 1.54) is 0 Å². The van der Waals surface area contributed by atoms with Crippen LogP contribution < -0.4 is 26.4 Å². The van der Waals surface area contributed by atoms with E-state index >= 15 is 0 Å². The number of carbonyl (C=O) groups excluding carboxylic acids is 2. The van der Waals surface area contributed by atoms with E-state index in [-0.39, 0.29) is 18.5 Å². The molecule has 4 aromatic rings. The second kappa shape index (κ2) is 12.4. The Morgan fingerprint density at radius 1 is 1.05 bits per heavy atom. The first-order valence-electron chi connectivity index (χ1n) is 12.7. The summed E-state index contributed by atoms with van der Waals surface area (Å²) in [7, 11) is 1.56. The third kappa shape index (κ3) is 7.29. The van der Waals surface area contributed by atoms with Crippen LogP contribution in [0.25, 0.3) is 10.8 Å². The van der Waals surface area contributed by atoms with Gasteiger partial charge in [-0.25, -0.2) is 9.48 Å². The van der Waals surface area contributed by atoms with Crippen LogP contribution in [0.1, 0.15) is 36.8 Å². The van der Waals surface area contributed by atoms with E-state index in [0.717, 1.165) is 21.9 Å². The molecule has 11 nitrogen and oxygen atoms in total. The fourth-order valence-corrected chi connectivity index (χ4v) is 4.07. The van der Waals surface area contributed by atoms with Gasteiger partial charge in [0.2, 0.25) is 5.91 Å². The zero-order valence-electron chi connectivity index (χ0n) is 22.3. The van der Waals surface area contributed by atoms with Crippen LogP contribution in [0.4, 0.5) is 4.79 Å². The maximum atomic E-state index is 12.9. The van der Waals surface area contributed by atoms with Crippen molar-refractivity contribution in [1.82, 2.24) is 36.2 Å². The molecule has 0 aliphatic rings. The van der Waals surface area contributed by atoms with Gasteiger partial charge < -0.3 is 26.4 Å². The van der Waals surface area contributed by atoms with Crippen LogP contribution in [0.5, 0.6) is 5.75 Å². The number of hydrogen-bond acceptors (Lipinski definition) is 7. The van der Waals surface area contributed by atoms with Gasteiger partial charge in [0.15, 0.2) is 5.82 Å². The maximum Gasteiger partial charge on any atom is 0.314 e. The molecule has 0 fully saturated rings. The van der Waals surface area contributed by atoms with Crippen molar-refractivity contribution in [2.75, 3.05) is 13.7 Å². The Morgan fingerprint density at radius 3 is 2.56 bits per heavy atom. The van der Waals surface area contributed by atoms with Crippen LogP contribution >= 0.6 is 0 Å². The predicted octanol–water partition coefficient (Wildman–Crippen LogP) is 2.47. The minimum Gasteiger partial charge on any atom is -0.491 e. The highest BCUT2D eigenvalue weighted by Gasteiger charge is 2.28. The number of amides is 3. The molecule has 0 aliphatic carbocycles. The molecule has 0 aliphatic heterocycles. The van der Waals surface area contributed by atoms with Crippen molar-refractivity contribution in [1.29, 1.82) is 0 Å². The SMILES string of the molecule is CNC(=O)NCc1ccccc1OCCn1nnnc1[C@@H](Cc1ccc2ccccc2c1)NC(=O)C(C)(C)N. The summed E-state index contributed by atoms with van der Waals surface area (Å²) in [6.45, 7) is 4.25. The van der Waals surface area contributed by atoms with Gasteiger partial charge in [0.05, 0.1) is 18.1 Å². The molecule has 0 unspecified atom stereocenters. The normalized spacial score (nSPS) is 12.1. The molecule has 11 heteroatoms. The molecule has 204 valence electrons. The van der Waals surface area contributed by atoms with Crippen molar-refractivity contribution in [3.05, 3.63) is 83.7 Å². The summed E-state index contributed by atoms with van der Waals surface area (Å²) in [5.41, 5.74) is 6.87. The number of nitrogens with zero attached hydrogens (tertiary/aromatic N) is 4. The number of urea groups is 1. The van der Waals surface area contributed by atoms with Crippen molar-refractivity contribution >= 4 is 22.7 Å². The van der Waals surface area contributed by atoms with Crippen molar-refractivity contribution < 1.29 is 14.3 Å². The lowest BCUT2D eigenvalue weighted by molar-refractivity contribution is -0.126. The molecule has 1 atom stereocenters. The quantitative estimate of drug-likeness (QED) is 0.233. The van der Waals surface area contributed by atoms with Crippen LogP contribution in [-0.2, 0) is 24.3 Å². The van der Waals surface area contributed by atoms with E-state index in [2.05, 4.69) is 55.7 Å². The Balaban J connectivity index is 1.50. The predicted molar refractivity (Wildman–Crippen MR) is 148 cm³/mol. The van der Waals surface area contributed by atoms with Gasteiger partial charge in [0.1, 0.15) is 12.4 Å². The maximum absolute atomic E-state index is 12.9. The van der Waals surface area contributed by atoms with Gasteiger partial charge in [-0.15, -0.1) is 5.10 Å². The molecule has 3 amide bonds. The molecule has 0 saturated carbocycles. The highest BCUT2D eigenvalue weighted by molar-refractivity contribution is 5.85. The lowest BCUT2D eigenvalue weighted by Crippen LogP contribution is -2.50. The smallest absolute Gasteiger partial charge is 0.314 e. The van der Waals surface area contributed by atoms with Crippen LogP contribution in [0.15, 0.2) is 66.7 Å². The number of nitrogens with two attached hydrogens (primary N) is 1. The Kier molecular flexibility index (Phi) is 8.72. The zero-order valence-corrected chi connectivity index (χ0v) is 22.3. The lowest BCUT2D eigenvalue weighted by atomic mass is 9.99. The summed E-state index contributed by atoms with van der Waals surface area (Å²) in [5.74, 6) is 0.838. The molecule has 3 aromatic carbocycles. The molecule has 0 saturated heterocycles. The van der Waals surface area contributed by atoms with Gasteiger partial charge >= 0.3 is 6.03 Å². The zero-order chi connectivity index (χ0) is 27.8. The average molecular weight is 531 g/mol. The standard InChI is InChI=1S/C28H34N8O3/c1-28(2,29)26(37)32-23(17-19-12-13-20-8-4-5-9-21(20)16-19)25-33-34-35-36(25)14-15-39-24-11-7-6-10-22(24)18-31-27(38)30-3/h4-13,16,23H,14-15,17-18,29H2,1-3H3,(H,32,37)(H2,30,31,38)/t23-/m1/s1. The van der Waals surface area contributed by atoms with Crippen LogP contribution in [-0.4, -0.2) is 51.3 Å². The molecule has 39 heavy (non-hydrogen) atoms. The Hall–Kier alpha value is -4.51. The first-order chi connectivity index (χ1) is 18.7. The van der Waals surface area contributed by atoms with E-state index in [1.54, 1.807) is 25.6 Å². The summed E-state index contributed by atoms with van der Waals surface area (Å²) in [6.07, 6.45) is 0.474. The Labute approximate surface area is 227 Å². The van der Waals surface area contributed by atoms with Gasteiger partial charge in [0.25, 0.3) is 0 Å². The van der Waals surface area contributed by atoms with Gasteiger partial charge in [-0.05, 0) is 46.7 Å². The first kappa shape index (κ1) is 27.5. The van der Waals surface area contributed by atoms with Crippen LogP contribution in [0, 0.1) is 0 Å². The van der Waals surface area contributed by atoms with Crippen molar-refractivity contribution in [2.24, 2.45) is 5.73 Å². The van der Waals surface area contributed by atoms with Crippen molar-refractivity contribution in [2.45, 2.75) is 44.9 Å². The lowest BCUT2D eigenvalue weighted by Gasteiger charge is -2.24. The third-order valence-corrected chi connectivity index (χ3v) is 6.22. The molecule has 4 rings (SSSR count). The fourth-order valence-electron chi connectivity index (χ4n) is 4.07. The minimum absolute atomic E-state index is 0.272. The number of carbonyl (C=O) groups is 2. The number of benzene rings is 3. The average Bonchev–Trinajstić information content (AvgIpc) is 3.39. The van der Waals surface area contributed by atoms with Gasteiger partial charge in [-0.2, -0.15) is 0 Å². The van der Waals surface area contributed by atoms with Gasteiger partial charge in [-0.3, -0.25) is 4.79 Å². The molecule has 1 aromatic heterocycles. The number of nitrogens with one attached hydrogen (secondary N) is 3. The van der Waals surface area contributed by atoms with E-state index < -0.39 is 11.6 Å². The van der Waals surface area contributed by atoms with E-state index in [1.807, 2.05) is 42.5 Å². The number of tetrazole rings is 1. The van der Waals surface area contributed by atoms with E-state index in [0.29, 0.717) is 31.1 Å². The fraction of sp³-hybridized carbons (Fsp3) is 0.321. The van der Waals surface area contributed by atoms with Crippen molar-refractivity contribution in [3.8, 4) is 5.75 Å². The van der Waals surface area contributed by atoms with E-state index in [4.69, 9.17) is 10.5 Å². The van der Waals surface area contributed by atoms with Gasteiger partial charge in [0, 0.05) is 25.6 Å². The molecule has 0 bridgehead atoms. The third-order valence-electron chi connectivity index (χ3n) is 6.22. The summed E-state index contributed by atoms with van der Waals surface area (Å²) in [5, 5.41) is 22.8. The summed E-state index contributed by atoms with van der Waals surface area (Å²) in [4.78, 5) is 24.5. The Bertz CT molecular complexity index is 1430. The number of hydrogen-bond donors (Lipinski definition) is 4. The number of aromatic nitrogens is 4. The van der Waals surface area contributed by atoms with Gasteiger partial charge in [-0.1, -0.05) is 60.7 Å². The molecule has 0 radical (unpaired) electrons. The Morgan fingerprint density at radius 2 is 1.79 bits per heavy atom. The second-order valence-corrected chi connectivity index (χ2v) is 9.78. The summed E-state index contributed by atoms with van der Waals surface area (Å²) in [6, 6.07) is 21.0. The largest absolute Gasteiger partial charge is 0.491 e. The van der Waals surface area contributed by atoms with Crippen LogP contribution in [0.3, 0.4) is 0 Å². The number of rotatable bonds is 11. The number of fused-ring (bicyclic) bond motifs is 1. The highest BCUT2D eigenvalue weighted by atomic mass is 16.5. The topological polar surface area (TPSA) is 149 Å². The number of ether oxygens (including phenoxy) is 1. The first-order valence-corrected chi connectivity index (χ1v) is 12.7. The number of para-hydroxylation sites is 1. The monoisotopic (exact) mass is 530 g/mol. The second-order valence-electron chi connectivity index (χ2n) is 9.78. The van der Waals surface area contributed by atoms with E-state index in [9.17, 15) is 9.59 Å². The molecule has 5 N–H and O–H groups in total. The molecular formula is C28H34N8O3. The molecule has 1 heterocycles. The highest BCUT2D eigenvalue weighted by Crippen LogP contribution is 2.22.